The maximum absolute atomic E-state index is 10.9. The second kappa shape index (κ2) is 2.86. The molecule has 3 heteroatoms. The zero-order valence-corrected chi connectivity index (χ0v) is 6.68. The quantitative estimate of drug-likeness (QED) is 0.443. The van der Waals surface area contributed by atoms with E-state index in [4.69, 9.17) is 0 Å². The largest absolute Gasteiger partial charge is 0.292 e. The molecular formula is C8H11NO2. The fourth-order valence-electron chi connectivity index (χ4n) is 1.04. The summed E-state index contributed by atoms with van der Waals surface area (Å²) >= 11 is 0. The van der Waals surface area contributed by atoms with Crippen LogP contribution >= 0.6 is 0 Å². The lowest BCUT2D eigenvalue weighted by atomic mass is 10.1. The van der Waals surface area contributed by atoms with Crippen molar-refractivity contribution in [1.29, 1.82) is 0 Å². The third-order valence-corrected chi connectivity index (χ3v) is 1.43. The van der Waals surface area contributed by atoms with Crippen molar-refractivity contribution in [3.63, 3.8) is 0 Å². The molecule has 0 spiro atoms. The van der Waals surface area contributed by atoms with Crippen LogP contribution in [0.2, 0.25) is 0 Å². The minimum Gasteiger partial charge on any atom is -0.292 e. The zero-order valence-electron chi connectivity index (χ0n) is 6.68. The first-order valence-electron chi connectivity index (χ1n) is 3.64. The molecule has 1 aliphatic heterocycles. The van der Waals surface area contributed by atoms with Gasteiger partial charge < -0.3 is 0 Å². The zero-order chi connectivity index (χ0) is 8.43. The van der Waals surface area contributed by atoms with E-state index in [1.807, 2.05) is 19.9 Å². The Morgan fingerprint density at radius 3 is 2.45 bits per heavy atom. The normalized spacial score (nSPS) is 21.5. The first-order valence-corrected chi connectivity index (χ1v) is 3.64. The van der Waals surface area contributed by atoms with Crippen LogP contribution in [0.3, 0.4) is 0 Å². The Hall–Kier alpha value is -1.12. The summed E-state index contributed by atoms with van der Waals surface area (Å²) in [7, 11) is 0. The summed E-state index contributed by atoms with van der Waals surface area (Å²) in [4.78, 5) is 21.6. The minimum atomic E-state index is -0.233. The van der Waals surface area contributed by atoms with E-state index in [-0.39, 0.29) is 18.2 Å². The predicted octanol–water partition coefficient (Wildman–Crippen LogP) is 0.615. The van der Waals surface area contributed by atoms with E-state index in [1.165, 1.54) is 0 Å². The first kappa shape index (κ1) is 7.98. The van der Waals surface area contributed by atoms with Gasteiger partial charge in [0.05, 0.1) is 6.42 Å². The molecule has 0 aromatic rings. The van der Waals surface area contributed by atoms with Gasteiger partial charge in [0.2, 0.25) is 5.91 Å². The standard InChI is InChI=1S/C8H11NO2/c1-5(2)3-6-4-7(10)9-8(6)11/h3,5H,4H2,1-2H3,(H,9,10,11)/b6-3+. The van der Waals surface area contributed by atoms with Gasteiger partial charge in [-0.25, -0.2) is 0 Å². The Bertz CT molecular complexity index is 228. The average Bonchev–Trinajstić information content (AvgIpc) is 2.09. The molecule has 0 unspecified atom stereocenters. The van der Waals surface area contributed by atoms with Crippen LogP contribution in [-0.4, -0.2) is 11.8 Å². The van der Waals surface area contributed by atoms with Crippen molar-refractivity contribution in [2.75, 3.05) is 0 Å². The van der Waals surface area contributed by atoms with Crippen LogP contribution < -0.4 is 5.32 Å². The fraction of sp³-hybridized carbons (Fsp3) is 0.500. The van der Waals surface area contributed by atoms with E-state index in [2.05, 4.69) is 5.32 Å². The summed E-state index contributed by atoms with van der Waals surface area (Å²) in [6.07, 6.45) is 2.07. The highest BCUT2D eigenvalue weighted by atomic mass is 16.2. The van der Waals surface area contributed by atoms with Gasteiger partial charge in [-0.05, 0) is 5.92 Å². The Kier molecular flexibility index (Phi) is 2.08. The summed E-state index contributed by atoms with van der Waals surface area (Å²) in [5, 5.41) is 2.23. The van der Waals surface area contributed by atoms with E-state index in [0.717, 1.165) is 0 Å². The summed E-state index contributed by atoms with van der Waals surface area (Å²) < 4.78 is 0. The Labute approximate surface area is 65.5 Å². The first-order chi connectivity index (χ1) is 5.09. The predicted molar refractivity (Wildman–Crippen MR) is 40.7 cm³/mol. The number of imide groups is 1. The van der Waals surface area contributed by atoms with Crippen LogP contribution in [0.4, 0.5) is 0 Å². The monoisotopic (exact) mass is 153 g/mol. The molecule has 2 amide bonds. The van der Waals surface area contributed by atoms with E-state index < -0.39 is 0 Å². The van der Waals surface area contributed by atoms with Gasteiger partial charge in [0, 0.05) is 5.57 Å². The lowest BCUT2D eigenvalue weighted by Gasteiger charge is -1.95. The number of hydrogen-bond acceptors (Lipinski definition) is 2. The molecule has 1 fully saturated rings. The SMILES string of the molecule is CC(C)/C=C1\CC(=O)NC1=O. The third-order valence-electron chi connectivity index (χ3n) is 1.43. The fourth-order valence-corrected chi connectivity index (χ4v) is 1.04. The smallest absolute Gasteiger partial charge is 0.253 e. The number of carbonyl (C=O) groups excluding carboxylic acids is 2. The van der Waals surface area contributed by atoms with Gasteiger partial charge in [0.15, 0.2) is 0 Å². The molecule has 1 N–H and O–H groups in total. The van der Waals surface area contributed by atoms with Crippen LogP contribution in [0.5, 0.6) is 0 Å². The van der Waals surface area contributed by atoms with Crippen LogP contribution in [0.1, 0.15) is 20.3 Å². The van der Waals surface area contributed by atoms with Gasteiger partial charge in [0.25, 0.3) is 5.91 Å². The Balaban J connectivity index is 2.75. The Morgan fingerprint density at radius 1 is 1.45 bits per heavy atom. The van der Waals surface area contributed by atoms with E-state index in [0.29, 0.717) is 11.5 Å². The van der Waals surface area contributed by atoms with Crippen molar-refractivity contribution in [3.05, 3.63) is 11.6 Å². The number of allylic oxidation sites excluding steroid dienone is 1. The number of amides is 2. The molecular weight excluding hydrogens is 142 g/mol. The maximum atomic E-state index is 10.9. The van der Waals surface area contributed by atoms with Gasteiger partial charge in [0.1, 0.15) is 0 Å². The van der Waals surface area contributed by atoms with Crippen molar-refractivity contribution in [2.45, 2.75) is 20.3 Å². The highest BCUT2D eigenvalue weighted by molar-refractivity contribution is 6.13. The van der Waals surface area contributed by atoms with Crippen LogP contribution in [-0.2, 0) is 9.59 Å². The molecule has 60 valence electrons. The highest BCUT2D eigenvalue weighted by Crippen LogP contribution is 2.11. The van der Waals surface area contributed by atoms with Gasteiger partial charge in [-0.2, -0.15) is 0 Å². The van der Waals surface area contributed by atoms with Crippen molar-refractivity contribution >= 4 is 11.8 Å². The van der Waals surface area contributed by atoms with Gasteiger partial charge >= 0.3 is 0 Å². The van der Waals surface area contributed by atoms with Crippen molar-refractivity contribution in [1.82, 2.24) is 5.32 Å². The van der Waals surface area contributed by atoms with Gasteiger partial charge in [-0.15, -0.1) is 0 Å². The molecule has 1 heterocycles. The molecule has 11 heavy (non-hydrogen) atoms. The highest BCUT2D eigenvalue weighted by Gasteiger charge is 2.23. The topological polar surface area (TPSA) is 46.2 Å². The molecule has 0 bridgehead atoms. The summed E-state index contributed by atoms with van der Waals surface area (Å²) in [5.74, 6) is -0.104. The van der Waals surface area contributed by atoms with E-state index in [1.54, 1.807) is 0 Å². The van der Waals surface area contributed by atoms with Gasteiger partial charge in [-0.1, -0.05) is 19.9 Å². The molecule has 3 nitrogen and oxygen atoms in total. The maximum Gasteiger partial charge on any atom is 0.253 e. The third kappa shape index (κ3) is 1.90. The second-order valence-corrected chi connectivity index (χ2v) is 2.99. The number of rotatable bonds is 1. The number of nitrogens with one attached hydrogen (secondary N) is 1. The van der Waals surface area contributed by atoms with Crippen LogP contribution in [0.15, 0.2) is 11.6 Å². The molecule has 0 radical (unpaired) electrons. The number of carbonyl (C=O) groups is 2. The van der Waals surface area contributed by atoms with Crippen LogP contribution in [0.25, 0.3) is 0 Å². The number of hydrogen-bond donors (Lipinski definition) is 1. The molecule has 0 saturated carbocycles. The molecule has 1 saturated heterocycles. The average molecular weight is 153 g/mol. The Morgan fingerprint density at radius 2 is 2.09 bits per heavy atom. The lowest BCUT2D eigenvalue weighted by Crippen LogP contribution is -2.19. The van der Waals surface area contributed by atoms with Crippen molar-refractivity contribution in [2.24, 2.45) is 5.92 Å². The molecule has 0 atom stereocenters. The summed E-state index contributed by atoms with van der Waals surface area (Å²) in [5.41, 5.74) is 0.602. The minimum absolute atomic E-state index is 0.193. The molecule has 1 rings (SSSR count). The molecule has 1 aliphatic rings. The lowest BCUT2D eigenvalue weighted by molar-refractivity contribution is -0.124. The van der Waals surface area contributed by atoms with Crippen molar-refractivity contribution in [3.8, 4) is 0 Å². The van der Waals surface area contributed by atoms with E-state index >= 15 is 0 Å². The molecule has 0 aromatic carbocycles. The molecule has 0 aliphatic carbocycles. The summed E-state index contributed by atoms with van der Waals surface area (Å²) in [6, 6.07) is 0. The van der Waals surface area contributed by atoms with Crippen molar-refractivity contribution < 1.29 is 9.59 Å². The van der Waals surface area contributed by atoms with Gasteiger partial charge in [-0.3, -0.25) is 14.9 Å². The van der Waals surface area contributed by atoms with Crippen LogP contribution in [0, 0.1) is 5.92 Å². The second-order valence-electron chi connectivity index (χ2n) is 2.99. The summed E-state index contributed by atoms with van der Waals surface area (Å²) in [6.45, 7) is 3.95. The van der Waals surface area contributed by atoms with E-state index in [9.17, 15) is 9.59 Å². The molecule has 0 aromatic heterocycles.